The number of aliphatic hydroxyl groups excluding tert-OH is 1. The molecule has 0 aliphatic carbocycles. The molecule has 0 spiro atoms. The second-order valence-electron chi connectivity index (χ2n) is 8.20. The van der Waals surface area contributed by atoms with E-state index in [9.17, 15) is 24.1 Å². The maximum absolute atomic E-state index is 13.6. The van der Waals surface area contributed by atoms with E-state index in [4.69, 9.17) is 30.1 Å². The van der Waals surface area contributed by atoms with E-state index in [0.29, 0.717) is 0 Å². The summed E-state index contributed by atoms with van der Waals surface area (Å²) in [5, 5.41) is 13.3. The molecule has 3 rings (SSSR count). The maximum Gasteiger partial charge on any atom is 0.459 e. The highest BCUT2D eigenvalue weighted by molar-refractivity contribution is 9.10. The van der Waals surface area contributed by atoms with Gasteiger partial charge in [0.2, 0.25) is 0 Å². The Balaban J connectivity index is 1.80. The van der Waals surface area contributed by atoms with Gasteiger partial charge in [0.1, 0.15) is 24.0 Å². The van der Waals surface area contributed by atoms with E-state index in [-0.39, 0.29) is 5.75 Å². The molecule has 1 aliphatic rings. The minimum atomic E-state index is -4.24. The molecular formula is C21H26BrClN3O9P. The molecule has 15 heteroatoms. The zero-order valence-corrected chi connectivity index (χ0v) is 22.7. The summed E-state index contributed by atoms with van der Waals surface area (Å²) < 4.78 is 34.9. The van der Waals surface area contributed by atoms with Gasteiger partial charge in [0.05, 0.1) is 12.7 Å². The number of hydrogen-bond donors (Lipinski definition) is 3. The molecule has 3 N–H and O–H groups in total. The Labute approximate surface area is 219 Å². The van der Waals surface area contributed by atoms with Crippen molar-refractivity contribution in [3.05, 3.63) is 63.4 Å². The fraction of sp³-hybridized carbons (Fsp3) is 0.476. The molecule has 1 aromatic heterocycles. The molecule has 0 saturated carbocycles. The van der Waals surface area contributed by atoms with Crippen molar-refractivity contribution in [3.8, 4) is 5.75 Å². The molecule has 1 aromatic carbocycles. The highest BCUT2D eigenvalue weighted by Gasteiger charge is 2.55. The van der Waals surface area contributed by atoms with E-state index >= 15 is 0 Å². The van der Waals surface area contributed by atoms with Crippen molar-refractivity contribution >= 4 is 41.2 Å². The summed E-state index contributed by atoms with van der Waals surface area (Å²) in [6.07, 6.45) is -3.17. The van der Waals surface area contributed by atoms with Crippen molar-refractivity contribution in [2.45, 2.75) is 55.1 Å². The molecular weight excluding hydrogens is 585 g/mol. The number of carbonyl (C=O) groups is 1. The molecule has 0 amide bonds. The molecule has 12 nitrogen and oxygen atoms in total. The van der Waals surface area contributed by atoms with Crippen LogP contribution < -0.4 is 20.9 Å². The van der Waals surface area contributed by atoms with Crippen molar-refractivity contribution < 1.29 is 33.0 Å². The molecule has 1 fully saturated rings. The molecule has 0 radical (unpaired) electrons. The lowest BCUT2D eigenvalue weighted by Crippen LogP contribution is -2.41. The highest BCUT2D eigenvalue weighted by atomic mass is 79.9. The summed E-state index contributed by atoms with van der Waals surface area (Å²) in [5.74, 6) is -0.490. The molecule has 2 aromatic rings. The average molecular weight is 611 g/mol. The van der Waals surface area contributed by atoms with Crippen LogP contribution >= 0.6 is 35.3 Å². The lowest BCUT2D eigenvalue weighted by molar-refractivity contribution is -0.149. The number of ether oxygens (including phenoxy) is 2. The predicted octanol–water partition coefficient (Wildman–Crippen LogP) is 2.26. The van der Waals surface area contributed by atoms with E-state index in [1.165, 1.54) is 19.1 Å². The Morgan fingerprint density at radius 3 is 2.58 bits per heavy atom. The van der Waals surface area contributed by atoms with Crippen LogP contribution in [0.2, 0.25) is 0 Å². The van der Waals surface area contributed by atoms with Gasteiger partial charge in [-0.2, -0.15) is 5.09 Å². The van der Waals surface area contributed by atoms with Gasteiger partial charge in [0.25, 0.3) is 5.56 Å². The number of rotatable bonds is 10. The summed E-state index contributed by atoms with van der Waals surface area (Å²) in [7, 11) is -4.24. The van der Waals surface area contributed by atoms with Crippen molar-refractivity contribution in [1.82, 2.24) is 14.6 Å². The predicted molar refractivity (Wildman–Crippen MR) is 133 cm³/mol. The van der Waals surface area contributed by atoms with E-state index in [1.54, 1.807) is 32.0 Å². The maximum atomic E-state index is 13.6. The third kappa shape index (κ3) is 6.86. The first-order chi connectivity index (χ1) is 16.8. The summed E-state index contributed by atoms with van der Waals surface area (Å²) in [4.78, 5) is 38.0. The summed E-state index contributed by atoms with van der Waals surface area (Å²) in [6.45, 7) is 4.25. The number of benzene rings is 1. The first-order valence-electron chi connectivity index (χ1n) is 10.8. The van der Waals surface area contributed by atoms with Crippen LogP contribution in [0.1, 0.15) is 27.0 Å². The fourth-order valence-corrected chi connectivity index (χ4v) is 5.65. The van der Waals surface area contributed by atoms with Crippen LogP contribution in [0.5, 0.6) is 5.75 Å². The Hall–Kier alpha value is -1.99. The van der Waals surface area contributed by atoms with E-state index in [2.05, 4.69) is 26.0 Å². The molecule has 0 bridgehead atoms. The number of esters is 1. The molecule has 2 unspecified atom stereocenters. The molecule has 6 atom stereocenters. The van der Waals surface area contributed by atoms with Gasteiger partial charge in [0.15, 0.2) is 10.0 Å². The van der Waals surface area contributed by atoms with Crippen molar-refractivity contribution in [2.24, 2.45) is 0 Å². The Kier molecular flexibility index (Phi) is 9.20. The van der Waals surface area contributed by atoms with Crippen LogP contribution in [0.3, 0.4) is 0 Å². The number of para-hydroxylation sites is 1. The number of aromatic nitrogens is 2. The SMILES string of the molecule is CC(C)OC(=O)C(C)NP(=O)(OC[C@H]1O[C@@H](n2ccc(=O)[nH]c2=O)[C@@](Cl)(Br)[C@@H]1O)Oc1ccccc1. The molecule has 1 saturated heterocycles. The second-order valence-corrected chi connectivity index (χ2v) is 12.3. The van der Waals surface area contributed by atoms with Gasteiger partial charge in [0, 0.05) is 12.3 Å². The highest BCUT2D eigenvalue weighted by Crippen LogP contribution is 2.50. The quantitative estimate of drug-likeness (QED) is 0.207. The first-order valence-corrected chi connectivity index (χ1v) is 13.5. The van der Waals surface area contributed by atoms with Crippen molar-refractivity contribution in [1.29, 1.82) is 0 Å². The van der Waals surface area contributed by atoms with Gasteiger partial charge < -0.3 is 19.1 Å². The Morgan fingerprint density at radius 1 is 1.31 bits per heavy atom. The van der Waals surface area contributed by atoms with Crippen LogP contribution in [0.4, 0.5) is 0 Å². The summed E-state index contributed by atoms with van der Waals surface area (Å²) >= 11 is 9.60. The largest absolute Gasteiger partial charge is 0.462 e. The summed E-state index contributed by atoms with van der Waals surface area (Å²) in [5.41, 5.74) is -1.44. The van der Waals surface area contributed by atoms with E-state index in [1.807, 2.05) is 0 Å². The van der Waals surface area contributed by atoms with Gasteiger partial charge in [-0.3, -0.25) is 23.7 Å². The number of carbonyl (C=O) groups excluding carboxylic acids is 1. The van der Waals surface area contributed by atoms with Crippen LogP contribution in [0.25, 0.3) is 0 Å². The minimum absolute atomic E-state index is 0.190. The lowest BCUT2D eigenvalue weighted by atomic mass is 10.2. The number of halogens is 2. The van der Waals surface area contributed by atoms with Crippen LogP contribution in [0.15, 0.2) is 52.2 Å². The van der Waals surface area contributed by atoms with Gasteiger partial charge in [-0.25, -0.2) is 9.36 Å². The summed E-state index contributed by atoms with van der Waals surface area (Å²) in [6, 6.07) is 8.12. The van der Waals surface area contributed by atoms with Gasteiger partial charge in [-0.1, -0.05) is 45.7 Å². The van der Waals surface area contributed by atoms with Gasteiger partial charge >= 0.3 is 19.4 Å². The number of aliphatic hydroxyl groups is 1. The fourth-order valence-electron chi connectivity index (χ4n) is 3.22. The number of hydrogen-bond acceptors (Lipinski definition) is 9. The standard InChI is InChI=1S/C21H26BrClN3O9P/c1-12(2)33-18(29)13(3)25-36(31,35-14-7-5-4-6-8-14)32-11-15-17(28)21(22,23)19(34-15)26-10-9-16(27)24-20(26)30/h4-10,12-13,15,17,19,28H,11H2,1-3H3,(H,25,31)(H,24,27,30)/t13?,15-,17-,19-,21-,36?/m1/s1. The van der Waals surface area contributed by atoms with Crippen molar-refractivity contribution in [2.75, 3.05) is 6.61 Å². The molecule has 2 heterocycles. The van der Waals surface area contributed by atoms with Crippen LogP contribution in [-0.2, 0) is 23.4 Å². The average Bonchev–Trinajstić information content (AvgIpc) is 3.01. The lowest BCUT2D eigenvalue weighted by Gasteiger charge is -2.25. The number of H-pyrrole nitrogens is 1. The normalized spacial score (nSPS) is 26.4. The Bertz CT molecular complexity index is 1220. The van der Waals surface area contributed by atoms with Gasteiger partial charge in [-0.05, 0) is 32.9 Å². The smallest absolute Gasteiger partial charge is 0.459 e. The van der Waals surface area contributed by atoms with Crippen LogP contribution in [0, 0.1) is 0 Å². The van der Waals surface area contributed by atoms with Gasteiger partial charge in [-0.15, -0.1) is 0 Å². The van der Waals surface area contributed by atoms with E-state index < -0.39 is 65.9 Å². The third-order valence-corrected chi connectivity index (χ3v) is 7.83. The van der Waals surface area contributed by atoms with Crippen molar-refractivity contribution in [3.63, 3.8) is 0 Å². The number of aromatic amines is 1. The van der Waals surface area contributed by atoms with Crippen LogP contribution in [-0.4, -0.2) is 55.4 Å². The molecule has 198 valence electrons. The molecule has 36 heavy (non-hydrogen) atoms. The number of nitrogens with zero attached hydrogens (tertiary/aromatic N) is 1. The minimum Gasteiger partial charge on any atom is -0.462 e. The monoisotopic (exact) mass is 609 g/mol. The molecule has 1 aliphatic heterocycles. The zero-order valence-electron chi connectivity index (χ0n) is 19.5. The number of nitrogens with one attached hydrogen (secondary N) is 2. The first kappa shape index (κ1) is 28.6. The zero-order chi connectivity index (χ0) is 26.7. The second kappa shape index (κ2) is 11.6. The number of alkyl halides is 2. The third-order valence-electron chi connectivity index (χ3n) is 4.92. The topological polar surface area (TPSA) is 158 Å². The Morgan fingerprint density at radius 2 is 1.97 bits per heavy atom. The van der Waals surface area contributed by atoms with E-state index in [0.717, 1.165) is 16.8 Å².